The summed E-state index contributed by atoms with van der Waals surface area (Å²) in [6.45, 7) is 0.833. The Bertz CT molecular complexity index is 382. The highest BCUT2D eigenvalue weighted by Crippen LogP contribution is 2.28. The second-order valence-corrected chi connectivity index (χ2v) is 3.37. The van der Waals surface area contributed by atoms with Crippen LogP contribution in [0, 0.1) is 0 Å². The molecule has 0 atom stereocenters. The van der Waals surface area contributed by atoms with Gasteiger partial charge in [-0.2, -0.15) is 0 Å². The van der Waals surface area contributed by atoms with Gasteiger partial charge in [-0.05, 0) is 12.1 Å². The van der Waals surface area contributed by atoms with E-state index in [-0.39, 0.29) is 6.61 Å². The highest BCUT2D eigenvalue weighted by molar-refractivity contribution is 5.75. The molecule has 0 spiro atoms. The fraction of sp³-hybridized carbons (Fsp3) is 0.364. The van der Waals surface area contributed by atoms with E-state index in [4.69, 9.17) is 20.9 Å². The molecule has 5 N–H and O–H groups in total. The summed E-state index contributed by atoms with van der Waals surface area (Å²) in [5, 5.41) is 3.08. The zero-order chi connectivity index (χ0) is 12.7. The Labute approximate surface area is 99.9 Å². The number of carbonyl (C=O) groups is 1. The molecule has 1 rings (SSSR count). The number of nitrogens with one attached hydrogen (secondary N) is 1. The first-order valence-electron chi connectivity index (χ1n) is 5.17. The summed E-state index contributed by atoms with van der Waals surface area (Å²) in [6.07, 6.45) is 0. The van der Waals surface area contributed by atoms with Crippen LogP contribution >= 0.6 is 0 Å². The van der Waals surface area contributed by atoms with Crippen LogP contribution < -0.4 is 21.5 Å². The first-order chi connectivity index (χ1) is 8.15. The molecule has 0 fully saturated rings. The van der Waals surface area contributed by atoms with E-state index in [0.29, 0.717) is 24.6 Å². The number of hydrogen-bond acceptors (Lipinski definition) is 5. The van der Waals surface area contributed by atoms with Gasteiger partial charge in [-0.25, -0.2) is 0 Å². The van der Waals surface area contributed by atoms with Gasteiger partial charge in [-0.15, -0.1) is 0 Å². The molecule has 0 aliphatic carbocycles. The van der Waals surface area contributed by atoms with E-state index in [9.17, 15) is 4.79 Å². The maximum absolute atomic E-state index is 10.4. The van der Waals surface area contributed by atoms with Gasteiger partial charge >= 0.3 is 0 Å². The molecule has 0 heterocycles. The number of primary amides is 1. The fourth-order valence-electron chi connectivity index (χ4n) is 1.31. The highest BCUT2D eigenvalue weighted by Gasteiger charge is 2.03. The average molecular weight is 239 g/mol. The maximum Gasteiger partial charge on any atom is 0.243 e. The van der Waals surface area contributed by atoms with Gasteiger partial charge in [0.25, 0.3) is 0 Å². The van der Waals surface area contributed by atoms with Crippen LogP contribution in [0.2, 0.25) is 0 Å². The number of para-hydroxylation sites is 1. The van der Waals surface area contributed by atoms with Gasteiger partial charge in [-0.3, -0.25) is 4.79 Å². The number of anilines is 2. The first kappa shape index (κ1) is 13.1. The lowest BCUT2D eigenvalue weighted by molar-refractivity contribution is -0.122. The Morgan fingerprint density at radius 3 is 2.88 bits per heavy atom. The standard InChI is InChI=1S/C11H17N3O3/c1-16-9-4-2-3-8(11(9)13)14-5-6-17-7-10(12)15/h2-4,14H,5-7,13H2,1H3,(H2,12,15). The second kappa shape index (κ2) is 6.59. The minimum atomic E-state index is -0.481. The summed E-state index contributed by atoms with van der Waals surface area (Å²) in [5.41, 5.74) is 12.1. The number of carbonyl (C=O) groups excluding carboxylic acids is 1. The van der Waals surface area contributed by atoms with Gasteiger partial charge in [0, 0.05) is 6.54 Å². The fourth-order valence-corrected chi connectivity index (χ4v) is 1.31. The van der Waals surface area contributed by atoms with Gasteiger partial charge in [0.2, 0.25) is 5.91 Å². The van der Waals surface area contributed by atoms with Gasteiger partial charge in [0.1, 0.15) is 12.4 Å². The molecule has 0 bridgehead atoms. The zero-order valence-corrected chi connectivity index (χ0v) is 9.73. The van der Waals surface area contributed by atoms with Gasteiger partial charge in [0.05, 0.1) is 25.1 Å². The molecule has 0 unspecified atom stereocenters. The SMILES string of the molecule is COc1cccc(NCCOCC(N)=O)c1N. The van der Waals surface area contributed by atoms with Crippen LogP contribution in [0.5, 0.6) is 5.75 Å². The third kappa shape index (κ3) is 4.20. The molecule has 1 amide bonds. The van der Waals surface area contributed by atoms with E-state index in [1.807, 2.05) is 12.1 Å². The summed E-state index contributed by atoms with van der Waals surface area (Å²) < 4.78 is 10.1. The minimum Gasteiger partial charge on any atom is -0.495 e. The van der Waals surface area contributed by atoms with Crippen LogP contribution in [0.4, 0.5) is 11.4 Å². The lowest BCUT2D eigenvalue weighted by Crippen LogP contribution is -2.20. The molecule has 0 aromatic heterocycles. The van der Waals surface area contributed by atoms with Crippen molar-refractivity contribution in [2.45, 2.75) is 0 Å². The molecule has 94 valence electrons. The van der Waals surface area contributed by atoms with Crippen molar-refractivity contribution in [3.05, 3.63) is 18.2 Å². The minimum absolute atomic E-state index is 0.0741. The maximum atomic E-state index is 10.4. The van der Waals surface area contributed by atoms with Crippen molar-refractivity contribution < 1.29 is 14.3 Å². The monoisotopic (exact) mass is 239 g/mol. The normalized spacial score (nSPS) is 9.94. The molecular weight excluding hydrogens is 222 g/mol. The largest absolute Gasteiger partial charge is 0.495 e. The molecule has 0 aliphatic rings. The third-order valence-electron chi connectivity index (χ3n) is 2.09. The topological polar surface area (TPSA) is 99.6 Å². The van der Waals surface area contributed by atoms with Crippen molar-refractivity contribution in [2.24, 2.45) is 5.73 Å². The molecule has 0 aliphatic heterocycles. The molecule has 0 saturated heterocycles. The van der Waals surface area contributed by atoms with Crippen molar-refractivity contribution in [1.82, 2.24) is 0 Å². The quantitative estimate of drug-likeness (QED) is 0.466. The van der Waals surface area contributed by atoms with Crippen LogP contribution in [0.25, 0.3) is 0 Å². The summed E-state index contributed by atoms with van der Waals surface area (Å²) in [6, 6.07) is 5.46. The number of rotatable bonds is 7. The van der Waals surface area contributed by atoms with Crippen molar-refractivity contribution in [3.8, 4) is 5.75 Å². The Balaban J connectivity index is 2.39. The van der Waals surface area contributed by atoms with Crippen LogP contribution in [0.3, 0.4) is 0 Å². The summed E-state index contributed by atoms with van der Waals surface area (Å²) in [5.74, 6) is 0.138. The lowest BCUT2D eigenvalue weighted by atomic mass is 10.2. The number of amides is 1. The summed E-state index contributed by atoms with van der Waals surface area (Å²) in [7, 11) is 1.56. The van der Waals surface area contributed by atoms with Crippen molar-refractivity contribution in [3.63, 3.8) is 0 Å². The van der Waals surface area contributed by atoms with E-state index in [1.54, 1.807) is 13.2 Å². The van der Waals surface area contributed by atoms with Crippen LogP contribution in [0.15, 0.2) is 18.2 Å². The molecule has 6 heteroatoms. The molecule has 1 aromatic rings. The van der Waals surface area contributed by atoms with Crippen LogP contribution in [-0.2, 0) is 9.53 Å². The van der Waals surface area contributed by atoms with Gasteiger partial charge in [-0.1, -0.05) is 6.07 Å². The number of methoxy groups -OCH3 is 1. The second-order valence-electron chi connectivity index (χ2n) is 3.37. The summed E-state index contributed by atoms with van der Waals surface area (Å²) in [4.78, 5) is 10.4. The van der Waals surface area contributed by atoms with E-state index < -0.39 is 5.91 Å². The van der Waals surface area contributed by atoms with E-state index in [2.05, 4.69) is 5.32 Å². The Morgan fingerprint density at radius 2 is 2.24 bits per heavy atom. The third-order valence-corrected chi connectivity index (χ3v) is 2.09. The molecule has 1 aromatic carbocycles. The lowest BCUT2D eigenvalue weighted by Gasteiger charge is -2.11. The first-order valence-corrected chi connectivity index (χ1v) is 5.17. The van der Waals surface area contributed by atoms with Crippen molar-refractivity contribution in [2.75, 3.05) is 37.9 Å². The number of nitrogen functional groups attached to an aromatic ring is 1. The predicted molar refractivity (Wildman–Crippen MR) is 65.9 cm³/mol. The zero-order valence-electron chi connectivity index (χ0n) is 9.73. The smallest absolute Gasteiger partial charge is 0.243 e. The molecule has 0 saturated carbocycles. The molecule has 6 nitrogen and oxygen atoms in total. The van der Waals surface area contributed by atoms with E-state index >= 15 is 0 Å². The molecule has 0 radical (unpaired) electrons. The van der Waals surface area contributed by atoms with Crippen LogP contribution in [-0.4, -0.2) is 32.8 Å². The Kier molecular flexibility index (Phi) is 5.09. The van der Waals surface area contributed by atoms with E-state index in [1.165, 1.54) is 0 Å². The van der Waals surface area contributed by atoms with E-state index in [0.717, 1.165) is 5.69 Å². The molecule has 17 heavy (non-hydrogen) atoms. The number of nitrogens with two attached hydrogens (primary N) is 2. The highest BCUT2D eigenvalue weighted by atomic mass is 16.5. The van der Waals surface area contributed by atoms with Crippen LogP contribution in [0.1, 0.15) is 0 Å². The predicted octanol–water partition coefficient (Wildman–Crippen LogP) is 0.191. The molecular formula is C11H17N3O3. The number of benzene rings is 1. The van der Waals surface area contributed by atoms with Gasteiger partial charge < -0.3 is 26.3 Å². The summed E-state index contributed by atoms with van der Waals surface area (Å²) >= 11 is 0. The van der Waals surface area contributed by atoms with Gasteiger partial charge in [0.15, 0.2) is 0 Å². The Hall–Kier alpha value is -1.95. The number of hydrogen-bond donors (Lipinski definition) is 3. The Morgan fingerprint density at radius 1 is 1.47 bits per heavy atom. The van der Waals surface area contributed by atoms with Crippen molar-refractivity contribution >= 4 is 17.3 Å². The number of ether oxygens (including phenoxy) is 2. The van der Waals surface area contributed by atoms with Crippen molar-refractivity contribution in [1.29, 1.82) is 0 Å². The average Bonchev–Trinajstić information content (AvgIpc) is 2.30.